The minimum atomic E-state index is -4.08. The van der Waals surface area contributed by atoms with Crippen molar-refractivity contribution < 1.29 is 22.7 Å². The lowest BCUT2D eigenvalue weighted by atomic mass is 10.1. The van der Waals surface area contributed by atoms with Crippen LogP contribution in [0, 0.1) is 0 Å². The number of halogens is 1. The van der Waals surface area contributed by atoms with E-state index in [0.29, 0.717) is 17.1 Å². The second kappa shape index (κ2) is 10.8. The van der Waals surface area contributed by atoms with Gasteiger partial charge < -0.3 is 9.64 Å². The second-order valence-corrected chi connectivity index (χ2v) is 11.5. The standard InChI is InChI=1S/C26H22BrN5O5S/c27-20-10-6-9-19(13-20)24-22(16-32(29-24)23-11-4-5-12-28-23)25(33)30-38(35,36)21-14-31(15-21)26(34)37-17-18-7-2-1-3-8-18/h1-13,16,21H,14-15,17H2,(H,30,33). The predicted octanol–water partition coefficient (Wildman–Crippen LogP) is 3.78. The van der Waals surface area contributed by atoms with Gasteiger partial charge in [-0.2, -0.15) is 5.10 Å². The van der Waals surface area contributed by atoms with Gasteiger partial charge in [0.2, 0.25) is 10.0 Å². The largest absolute Gasteiger partial charge is 0.445 e. The minimum Gasteiger partial charge on any atom is -0.445 e. The molecule has 1 aliphatic rings. The Morgan fingerprint density at radius 1 is 1.03 bits per heavy atom. The first-order chi connectivity index (χ1) is 18.3. The maximum Gasteiger partial charge on any atom is 0.410 e. The van der Waals surface area contributed by atoms with Gasteiger partial charge in [0, 0.05) is 35.5 Å². The topological polar surface area (TPSA) is 123 Å². The molecule has 12 heteroatoms. The molecular formula is C26H22BrN5O5S. The maximum atomic E-state index is 13.2. The third kappa shape index (κ3) is 5.60. The van der Waals surface area contributed by atoms with E-state index in [9.17, 15) is 18.0 Å². The van der Waals surface area contributed by atoms with Gasteiger partial charge in [-0.25, -0.2) is 27.6 Å². The summed E-state index contributed by atoms with van der Waals surface area (Å²) in [5.74, 6) is -0.360. The number of rotatable bonds is 7. The number of nitrogens with zero attached hydrogens (tertiary/aromatic N) is 4. The third-order valence-corrected chi connectivity index (χ3v) is 8.07. The fraction of sp³-hybridized carbons (Fsp3) is 0.154. The Balaban J connectivity index is 1.29. The van der Waals surface area contributed by atoms with E-state index in [2.05, 4.69) is 30.7 Å². The van der Waals surface area contributed by atoms with Crippen LogP contribution in [-0.2, 0) is 21.4 Å². The Hall–Kier alpha value is -4.03. The van der Waals surface area contributed by atoms with Crippen molar-refractivity contribution in [2.45, 2.75) is 11.9 Å². The first kappa shape index (κ1) is 25.6. The van der Waals surface area contributed by atoms with Gasteiger partial charge in [0.1, 0.15) is 17.6 Å². The van der Waals surface area contributed by atoms with Crippen molar-refractivity contribution in [3.63, 3.8) is 0 Å². The summed E-state index contributed by atoms with van der Waals surface area (Å²) in [4.78, 5) is 31.0. The van der Waals surface area contributed by atoms with Crippen LogP contribution in [0.3, 0.4) is 0 Å². The van der Waals surface area contributed by atoms with Crippen LogP contribution in [0.1, 0.15) is 15.9 Å². The number of sulfonamides is 1. The van der Waals surface area contributed by atoms with Gasteiger partial charge in [0.05, 0.1) is 5.56 Å². The average molecular weight is 596 g/mol. The number of nitrogens with one attached hydrogen (secondary N) is 1. The summed E-state index contributed by atoms with van der Waals surface area (Å²) in [6, 6.07) is 21.6. The van der Waals surface area contributed by atoms with Gasteiger partial charge in [0.25, 0.3) is 5.91 Å². The van der Waals surface area contributed by atoms with E-state index in [1.807, 2.05) is 36.4 Å². The van der Waals surface area contributed by atoms with Gasteiger partial charge in [0.15, 0.2) is 5.82 Å². The molecule has 1 saturated heterocycles. The Morgan fingerprint density at radius 3 is 2.50 bits per heavy atom. The van der Waals surface area contributed by atoms with Crippen molar-refractivity contribution in [2.75, 3.05) is 13.1 Å². The summed E-state index contributed by atoms with van der Waals surface area (Å²) in [6.45, 7) is -0.0766. The summed E-state index contributed by atoms with van der Waals surface area (Å²) >= 11 is 3.41. The number of aromatic nitrogens is 3. The van der Waals surface area contributed by atoms with E-state index < -0.39 is 27.3 Å². The summed E-state index contributed by atoms with van der Waals surface area (Å²) in [5.41, 5.74) is 1.80. The van der Waals surface area contributed by atoms with E-state index >= 15 is 0 Å². The SMILES string of the molecule is O=C(NS(=O)(=O)C1CN(C(=O)OCc2ccccc2)C1)c1cn(-c2ccccn2)nc1-c1cccc(Br)c1. The number of benzene rings is 2. The van der Waals surface area contributed by atoms with Gasteiger partial charge in [-0.1, -0.05) is 64.5 Å². The highest BCUT2D eigenvalue weighted by Gasteiger charge is 2.41. The van der Waals surface area contributed by atoms with Crippen LogP contribution >= 0.6 is 15.9 Å². The maximum absolute atomic E-state index is 13.2. The molecule has 0 radical (unpaired) electrons. The molecule has 0 saturated carbocycles. The number of pyridine rings is 1. The number of amides is 2. The van der Waals surface area contributed by atoms with Crippen LogP contribution in [0.2, 0.25) is 0 Å². The molecule has 0 aliphatic carbocycles. The fourth-order valence-corrected chi connectivity index (χ4v) is 5.54. The van der Waals surface area contributed by atoms with Crippen molar-refractivity contribution in [3.8, 4) is 17.1 Å². The highest BCUT2D eigenvalue weighted by molar-refractivity contribution is 9.10. The zero-order valence-corrected chi connectivity index (χ0v) is 22.3. The van der Waals surface area contributed by atoms with Crippen molar-refractivity contribution >= 4 is 38.0 Å². The monoisotopic (exact) mass is 595 g/mol. The van der Waals surface area contributed by atoms with E-state index in [1.165, 1.54) is 15.8 Å². The molecule has 0 bridgehead atoms. The normalized spacial score (nSPS) is 13.6. The smallest absolute Gasteiger partial charge is 0.410 e. The summed E-state index contributed by atoms with van der Waals surface area (Å²) in [6.07, 6.45) is 2.42. The number of carbonyl (C=O) groups is 2. The molecule has 5 rings (SSSR count). The quantitative estimate of drug-likeness (QED) is 0.345. The number of hydrogen-bond donors (Lipinski definition) is 1. The first-order valence-electron chi connectivity index (χ1n) is 11.6. The van der Waals surface area contributed by atoms with Crippen molar-refractivity contribution in [3.05, 3.63) is 101 Å². The van der Waals surface area contributed by atoms with Crippen LogP contribution < -0.4 is 4.72 Å². The lowest BCUT2D eigenvalue weighted by molar-refractivity contribution is 0.0765. The van der Waals surface area contributed by atoms with Crippen molar-refractivity contribution in [2.24, 2.45) is 0 Å². The molecule has 1 fully saturated rings. The van der Waals surface area contributed by atoms with Crippen molar-refractivity contribution in [1.82, 2.24) is 24.4 Å². The Kier molecular flexibility index (Phi) is 7.25. The molecular weight excluding hydrogens is 574 g/mol. The molecule has 4 aromatic rings. The third-order valence-electron chi connectivity index (χ3n) is 5.93. The Morgan fingerprint density at radius 2 is 1.79 bits per heavy atom. The van der Waals surface area contributed by atoms with Crippen LogP contribution in [0.25, 0.3) is 17.1 Å². The van der Waals surface area contributed by atoms with Crippen LogP contribution in [0.15, 0.2) is 89.7 Å². The van der Waals surface area contributed by atoms with Gasteiger partial charge >= 0.3 is 6.09 Å². The highest BCUT2D eigenvalue weighted by atomic mass is 79.9. The molecule has 2 amide bonds. The zero-order valence-electron chi connectivity index (χ0n) is 19.9. The van der Waals surface area contributed by atoms with Crippen molar-refractivity contribution in [1.29, 1.82) is 0 Å². The van der Waals surface area contributed by atoms with E-state index in [-0.39, 0.29) is 25.3 Å². The molecule has 2 aromatic heterocycles. The van der Waals surface area contributed by atoms with Crippen LogP contribution in [0.4, 0.5) is 4.79 Å². The van der Waals surface area contributed by atoms with Gasteiger partial charge in [-0.15, -0.1) is 0 Å². The Bertz CT molecular complexity index is 1570. The van der Waals surface area contributed by atoms with E-state index in [1.54, 1.807) is 42.6 Å². The lowest BCUT2D eigenvalue weighted by Crippen LogP contribution is -2.60. The first-order valence-corrected chi connectivity index (χ1v) is 13.9. The van der Waals surface area contributed by atoms with E-state index in [4.69, 9.17) is 4.74 Å². The minimum absolute atomic E-state index is 0.0655. The number of hydrogen-bond acceptors (Lipinski definition) is 7. The van der Waals surface area contributed by atoms with Gasteiger partial charge in [-0.05, 0) is 29.8 Å². The molecule has 0 spiro atoms. The number of ether oxygens (including phenoxy) is 1. The summed E-state index contributed by atoms with van der Waals surface area (Å²) in [5, 5.41) is 3.56. The molecule has 10 nitrogen and oxygen atoms in total. The molecule has 3 heterocycles. The lowest BCUT2D eigenvalue weighted by Gasteiger charge is -2.37. The molecule has 1 N–H and O–H groups in total. The van der Waals surface area contributed by atoms with Crippen LogP contribution in [0.5, 0.6) is 0 Å². The molecule has 0 unspecified atom stereocenters. The zero-order chi connectivity index (χ0) is 26.7. The molecule has 194 valence electrons. The molecule has 38 heavy (non-hydrogen) atoms. The average Bonchev–Trinajstić information content (AvgIpc) is 3.33. The predicted molar refractivity (Wildman–Crippen MR) is 143 cm³/mol. The fourth-order valence-electron chi connectivity index (χ4n) is 3.86. The number of carbonyl (C=O) groups excluding carboxylic acids is 2. The molecule has 2 aromatic carbocycles. The molecule has 1 aliphatic heterocycles. The van der Waals surface area contributed by atoms with E-state index in [0.717, 1.165) is 10.0 Å². The second-order valence-electron chi connectivity index (χ2n) is 8.58. The van der Waals surface area contributed by atoms with Gasteiger partial charge in [-0.3, -0.25) is 4.79 Å². The Labute approximate surface area is 227 Å². The number of likely N-dealkylation sites (tertiary alicyclic amines) is 1. The summed E-state index contributed by atoms with van der Waals surface area (Å²) in [7, 11) is -4.08. The van der Waals surface area contributed by atoms with Crippen LogP contribution in [-0.4, -0.2) is 58.4 Å². The highest BCUT2D eigenvalue weighted by Crippen LogP contribution is 2.27. The molecule has 0 atom stereocenters. The summed E-state index contributed by atoms with van der Waals surface area (Å²) < 4.78 is 35.5.